The molecule has 2 aromatic heterocycles. The van der Waals surface area contributed by atoms with Gasteiger partial charge in [-0.05, 0) is 51.3 Å². The van der Waals surface area contributed by atoms with Crippen molar-refractivity contribution in [1.29, 1.82) is 0 Å². The number of esters is 1. The van der Waals surface area contributed by atoms with Crippen molar-refractivity contribution in [2.75, 3.05) is 18.5 Å². The summed E-state index contributed by atoms with van der Waals surface area (Å²) in [6, 6.07) is 5.86. The molecule has 12 nitrogen and oxygen atoms in total. The predicted octanol–water partition coefficient (Wildman–Crippen LogP) is 2.98. The number of carbonyl (C=O) groups is 1. The predicted molar refractivity (Wildman–Crippen MR) is 147 cm³/mol. The Balaban J connectivity index is 1.26. The highest BCUT2D eigenvalue weighted by atomic mass is 127. The van der Waals surface area contributed by atoms with Gasteiger partial charge in [-0.3, -0.25) is 9.35 Å². The van der Waals surface area contributed by atoms with Crippen LogP contribution in [0.3, 0.4) is 0 Å². The van der Waals surface area contributed by atoms with Crippen molar-refractivity contribution in [3.05, 3.63) is 40.0 Å². The highest BCUT2D eigenvalue weighted by Crippen LogP contribution is 2.72. The number of benzene rings is 1. The number of hydrogen-bond donors (Lipinski definition) is 2. The minimum absolute atomic E-state index is 0.0187. The number of nitrogens with one attached hydrogen (secondary N) is 1. The number of rotatable bonds is 8. The molecule has 2 N–H and O–H groups in total. The lowest BCUT2D eigenvalue weighted by molar-refractivity contribution is -0.172. The van der Waals surface area contributed by atoms with Gasteiger partial charge in [0.15, 0.2) is 26.6 Å². The van der Waals surface area contributed by atoms with Crippen molar-refractivity contribution < 1.29 is 32.0 Å². The zero-order chi connectivity index (χ0) is 27.7. The number of anilines is 1. The van der Waals surface area contributed by atoms with Crippen LogP contribution in [0.25, 0.3) is 11.2 Å². The lowest BCUT2D eigenvalue weighted by Gasteiger charge is -2.24. The highest BCUT2D eigenvalue weighted by molar-refractivity contribution is 14.1. The lowest BCUT2D eigenvalue weighted by atomic mass is 9.99. The minimum atomic E-state index is -4.23. The van der Waals surface area contributed by atoms with Gasteiger partial charge in [0.1, 0.15) is 17.6 Å². The van der Waals surface area contributed by atoms with Gasteiger partial charge in [0, 0.05) is 35.1 Å². The van der Waals surface area contributed by atoms with Crippen molar-refractivity contribution >= 4 is 55.7 Å². The molecule has 1 aliphatic heterocycles. The number of nitrogens with zero attached hydrogens (tertiary/aromatic N) is 4. The van der Waals surface area contributed by atoms with Gasteiger partial charge in [-0.1, -0.05) is 12.1 Å². The maximum Gasteiger partial charge on any atom is 0.315 e. The summed E-state index contributed by atoms with van der Waals surface area (Å²) in [6.45, 7) is 6.33. The largest absolute Gasteiger partial charge is 0.465 e. The highest BCUT2D eigenvalue weighted by Gasteiger charge is 2.80. The van der Waals surface area contributed by atoms with Gasteiger partial charge in [-0.15, -0.1) is 0 Å². The Labute approximate surface area is 238 Å². The van der Waals surface area contributed by atoms with Gasteiger partial charge in [-0.2, -0.15) is 8.42 Å². The Morgan fingerprint density at radius 3 is 2.69 bits per heavy atom. The van der Waals surface area contributed by atoms with E-state index in [0.717, 1.165) is 5.56 Å². The fraction of sp³-hybridized carbons (Fsp3) is 0.520. The molecule has 0 amide bonds. The second kappa shape index (κ2) is 9.33. The van der Waals surface area contributed by atoms with Gasteiger partial charge >= 0.3 is 5.97 Å². The van der Waals surface area contributed by atoms with Crippen LogP contribution in [0.4, 0.5) is 5.82 Å². The van der Waals surface area contributed by atoms with Gasteiger partial charge in [0.05, 0.1) is 23.9 Å². The van der Waals surface area contributed by atoms with E-state index in [1.165, 1.54) is 12.1 Å². The molecule has 208 valence electrons. The Kier molecular flexibility index (Phi) is 6.41. The zero-order valence-corrected chi connectivity index (χ0v) is 24.5. The van der Waals surface area contributed by atoms with Crippen LogP contribution in [0.5, 0.6) is 0 Å². The first-order valence-corrected chi connectivity index (χ1v) is 15.2. The second-order valence-electron chi connectivity index (χ2n) is 10.5. The SMILES string of the molecule is CCOC(=O)[C@@]12C[C@@H]1[C@@H](n1cnc3c(NCCc4ccc(S(=O)(=O)O)cc4)nc(I)nc31)[C@@H]1OC(C)(C)O[C@@H]12. The maximum absolute atomic E-state index is 13.1. The van der Waals surface area contributed by atoms with Crippen LogP contribution in [-0.4, -0.2) is 69.6 Å². The molecule has 0 unspecified atom stereocenters. The fourth-order valence-corrected chi connectivity index (χ4v) is 7.03. The molecule has 1 saturated heterocycles. The molecule has 0 radical (unpaired) electrons. The Hall–Kier alpha value is -2.40. The number of imidazole rings is 1. The van der Waals surface area contributed by atoms with E-state index in [9.17, 15) is 17.8 Å². The third-order valence-corrected chi connectivity index (χ3v) is 9.09. The number of ether oxygens (including phenoxy) is 3. The molecule has 0 spiro atoms. The van der Waals surface area contributed by atoms with Crippen molar-refractivity contribution in [1.82, 2.24) is 19.5 Å². The summed E-state index contributed by atoms with van der Waals surface area (Å²) in [7, 11) is -4.23. The average Bonchev–Trinajstić information content (AvgIpc) is 3.19. The maximum atomic E-state index is 13.1. The van der Waals surface area contributed by atoms with Crippen molar-refractivity contribution in [3.8, 4) is 0 Å². The Bertz CT molecular complexity index is 1560. The van der Waals surface area contributed by atoms with E-state index in [1.54, 1.807) is 25.4 Å². The minimum Gasteiger partial charge on any atom is -0.465 e. The molecule has 3 aromatic rings. The first-order chi connectivity index (χ1) is 18.4. The Morgan fingerprint density at radius 1 is 1.26 bits per heavy atom. The van der Waals surface area contributed by atoms with Crippen LogP contribution in [0.15, 0.2) is 35.5 Å². The molecule has 39 heavy (non-hydrogen) atoms. The van der Waals surface area contributed by atoms with E-state index in [1.807, 2.05) is 18.4 Å². The molecule has 6 rings (SSSR count). The van der Waals surface area contributed by atoms with E-state index in [2.05, 4.69) is 37.9 Å². The van der Waals surface area contributed by atoms with E-state index >= 15 is 0 Å². The summed E-state index contributed by atoms with van der Waals surface area (Å²) in [6.07, 6.45) is 2.20. The Morgan fingerprint density at radius 2 is 2.00 bits per heavy atom. The molecule has 3 aliphatic rings. The third-order valence-electron chi connectivity index (χ3n) is 7.74. The van der Waals surface area contributed by atoms with Crippen molar-refractivity contribution in [2.24, 2.45) is 11.3 Å². The summed E-state index contributed by atoms with van der Waals surface area (Å²) in [5.74, 6) is -0.514. The van der Waals surface area contributed by atoms with Crippen molar-refractivity contribution in [2.45, 2.75) is 62.5 Å². The summed E-state index contributed by atoms with van der Waals surface area (Å²) >= 11 is 2.07. The summed E-state index contributed by atoms with van der Waals surface area (Å²) in [5, 5.41) is 3.32. The zero-order valence-electron chi connectivity index (χ0n) is 21.5. The van der Waals surface area contributed by atoms with E-state index < -0.39 is 27.4 Å². The third kappa shape index (κ3) is 4.49. The van der Waals surface area contributed by atoms with Gasteiger partial charge in [0.25, 0.3) is 10.1 Å². The molecular weight excluding hydrogens is 641 g/mol. The fourth-order valence-electron chi connectivity index (χ4n) is 6.08. The number of aromatic nitrogens is 4. The number of hydrogen-bond acceptors (Lipinski definition) is 10. The molecule has 14 heteroatoms. The van der Waals surface area contributed by atoms with Crippen LogP contribution >= 0.6 is 22.6 Å². The quantitative estimate of drug-likeness (QED) is 0.158. The molecule has 5 atom stereocenters. The van der Waals surface area contributed by atoms with Crippen LogP contribution < -0.4 is 5.32 Å². The summed E-state index contributed by atoms with van der Waals surface area (Å²) in [5.41, 5.74) is 1.39. The monoisotopic (exact) mass is 669 g/mol. The van der Waals surface area contributed by atoms with E-state index in [-0.39, 0.29) is 28.9 Å². The first-order valence-electron chi connectivity index (χ1n) is 12.7. The molecule has 2 saturated carbocycles. The summed E-state index contributed by atoms with van der Waals surface area (Å²) < 4.78 is 52.3. The van der Waals surface area contributed by atoms with Crippen LogP contribution in [0.1, 0.15) is 38.8 Å². The second-order valence-corrected chi connectivity index (χ2v) is 12.9. The van der Waals surface area contributed by atoms with Gasteiger partial charge < -0.3 is 24.1 Å². The molecular formula is C25H28IN5O7S. The topological polar surface area (TPSA) is 155 Å². The molecule has 0 bridgehead atoms. The van der Waals surface area contributed by atoms with Gasteiger partial charge in [0.2, 0.25) is 0 Å². The smallest absolute Gasteiger partial charge is 0.315 e. The molecule has 3 fully saturated rings. The van der Waals surface area contributed by atoms with E-state index in [0.29, 0.717) is 46.8 Å². The standard InChI is InChI=1S/C25H28IN5O7S/c1-4-36-22(32)25-11-15(25)17(18-19(25)38-24(2,3)37-18)31-12-28-16-20(29-23(26)30-21(16)31)27-10-9-13-5-7-14(8-6-13)39(33,34)35/h5-8,12,15,17-19H,4,9-11H2,1-3H3,(H,27,29,30)(H,33,34,35)/t15-,17-,18+,19+,25+/m1/s1. The molecule has 1 aromatic carbocycles. The van der Waals surface area contributed by atoms with Crippen LogP contribution in [-0.2, 0) is 35.5 Å². The number of halogens is 1. The lowest BCUT2D eigenvalue weighted by Crippen LogP contribution is -2.36. The van der Waals surface area contributed by atoms with Crippen molar-refractivity contribution in [3.63, 3.8) is 0 Å². The molecule has 2 aliphatic carbocycles. The molecule has 3 heterocycles. The summed E-state index contributed by atoms with van der Waals surface area (Å²) in [4.78, 5) is 26.8. The average molecular weight is 669 g/mol. The van der Waals surface area contributed by atoms with Crippen LogP contribution in [0, 0.1) is 15.2 Å². The van der Waals surface area contributed by atoms with E-state index in [4.69, 9.17) is 19.2 Å². The number of fused-ring (bicyclic) bond motifs is 4. The first kappa shape index (κ1) is 26.8. The van der Waals surface area contributed by atoms with Gasteiger partial charge in [-0.25, -0.2) is 15.0 Å². The number of carbonyl (C=O) groups excluding carboxylic acids is 1. The van der Waals surface area contributed by atoms with Crippen LogP contribution in [0.2, 0.25) is 0 Å². The normalized spacial score (nSPS) is 28.7.